The number of nitrogens with two attached hydrogens (primary N) is 1. The average molecular weight is 205 g/mol. The standard InChI is InChI=1S/C8H13ClN2S/c1-6(11-3-2-10)7-4-8(9)12-5-7/h4-6,11H,2-3,10H2,1H3. The number of hydrogen-bond acceptors (Lipinski definition) is 3. The van der Waals surface area contributed by atoms with E-state index in [1.54, 1.807) is 11.3 Å². The van der Waals surface area contributed by atoms with Crippen LogP contribution in [0.5, 0.6) is 0 Å². The molecule has 1 aromatic rings. The lowest BCUT2D eigenvalue weighted by molar-refractivity contribution is 0.584. The molecule has 4 heteroatoms. The first-order chi connectivity index (χ1) is 5.74. The highest BCUT2D eigenvalue weighted by Gasteiger charge is 2.05. The largest absolute Gasteiger partial charge is 0.329 e. The maximum absolute atomic E-state index is 5.80. The zero-order chi connectivity index (χ0) is 8.97. The fourth-order valence-electron chi connectivity index (χ4n) is 0.968. The first kappa shape index (κ1) is 9.99. The van der Waals surface area contributed by atoms with Crippen LogP contribution in [0.1, 0.15) is 18.5 Å². The van der Waals surface area contributed by atoms with Crippen LogP contribution in [0.4, 0.5) is 0 Å². The molecule has 0 bridgehead atoms. The van der Waals surface area contributed by atoms with Crippen LogP contribution in [0, 0.1) is 0 Å². The smallest absolute Gasteiger partial charge is 0.0931 e. The number of thiophene rings is 1. The van der Waals surface area contributed by atoms with Crippen molar-refractivity contribution >= 4 is 22.9 Å². The molecule has 1 unspecified atom stereocenters. The van der Waals surface area contributed by atoms with Gasteiger partial charge in [-0.1, -0.05) is 11.6 Å². The summed E-state index contributed by atoms with van der Waals surface area (Å²) in [6.45, 7) is 3.62. The second-order valence-corrected chi connectivity index (χ2v) is 4.19. The summed E-state index contributed by atoms with van der Waals surface area (Å²) in [5.74, 6) is 0. The zero-order valence-electron chi connectivity index (χ0n) is 7.01. The van der Waals surface area contributed by atoms with Gasteiger partial charge >= 0.3 is 0 Å². The Kier molecular flexibility index (Phi) is 4.01. The van der Waals surface area contributed by atoms with E-state index in [0.717, 1.165) is 10.9 Å². The van der Waals surface area contributed by atoms with E-state index in [9.17, 15) is 0 Å². The maximum atomic E-state index is 5.80. The third kappa shape index (κ3) is 2.75. The second-order valence-electron chi connectivity index (χ2n) is 2.65. The van der Waals surface area contributed by atoms with E-state index in [0.29, 0.717) is 12.6 Å². The van der Waals surface area contributed by atoms with E-state index in [-0.39, 0.29) is 0 Å². The number of rotatable bonds is 4. The summed E-state index contributed by atoms with van der Waals surface area (Å²) < 4.78 is 0.839. The lowest BCUT2D eigenvalue weighted by Gasteiger charge is -2.10. The Balaban J connectivity index is 2.47. The minimum Gasteiger partial charge on any atom is -0.329 e. The van der Waals surface area contributed by atoms with Crippen molar-refractivity contribution in [3.05, 3.63) is 21.3 Å². The number of hydrogen-bond donors (Lipinski definition) is 2. The molecule has 68 valence electrons. The van der Waals surface area contributed by atoms with Gasteiger partial charge in [-0.15, -0.1) is 11.3 Å². The van der Waals surface area contributed by atoms with E-state index < -0.39 is 0 Å². The van der Waals surface area contributed by atoms with Gasteiger partial charge in [0.05, 0.1) is 4.34 Å². The topological polar surface area (TPSA) is 38.0 Å². The van der Waals surface area contributed by atoms with Gasteiger partial charge in [0, 0.05) is 19.1 Å². The molecule has 0 aromatic carbocycles. The van der Waals surface area contributed by atoms with Crippen LogP contribution >= 0.6 is 22.9 Å². The molecule has 1 aromatic heterocycles. The van der Waals surface area contributed by atoms with Crippen molar-refractivity contribution in [2.75, 3.05) is 13.1 Å². The molecule has 0 aliphatic rings. The van der Waals surface area contributed by atoms with E-state index in [1.807, 2.05) is 6.07 Å². The lowest BCUT2D eigenvalue weighted by Crippen LogP contribution is -2.25. The van der Waals surface area contributed by atoms with Gasteiger partial charge in [-0.3, -0.25) is 0 Å². The van der Waals surface area contributed by atoms with Crippen molar-refractivity contribution in [2.24, 2.45) is 5.73 Å². The molecule has 0 saturated carbocycles. The molecule has 3 N–H and O–H groups in total. The van der Waals surface area contributed by atoms with Gasteiger partial charge in [-0.05, 0) is 23.9 Å². The summed E-state index contributed by atoms with van der Waals surface area (Å²) in [5.41, 5.74) is 6.61. The van der Waals surface area contributed by atoms with Crippen molar-refractivity contribution in [3.8, 4) is 0 Å². The van der Waals surface area contributed by atoms with Crippen LogP contribution in [0.25, 0.3) is 0 Å². The van der Waals surface area contributed by atoms with Gasteiger partial charge in [0.1, 0.15) is 0 Å². The predicted octanol–water partition coefficient (Wildman–Crippen LogP) is 2.01. The molecule has 1 atom stereocenters. The second kappa shape index (κ2) is 4.82. The summed E-state index contributed by atoms with van der Waals surface area (Å²) in [5, 5.41) is 5.35. The molecule has 0 fully saturated rings. The van der Waals surface area contributed by atoms with Crippen molar-refractivity contribution in [2.45, 2.75) is 13.0 Å². The summed E-state index contributed by atoms with van der Waals surface area (Å²) in [6, 6.07) is 2.33. The summed E-state index contributed by atoms with van der Waals surface area (Å²) >= 11 is 7.36. The van der Waals surface area contributed by atoms with Gasteiger partial charge in [-0.25, -0.2) is 0 Å². The maximum Gasteiger partial charge on any atom is 0.0931 e. The van der Waals surface area contributed by atoms with Crippen LogP contribution < -0.4 is 11.1 Å². The lowest BCUT2D eigenvalue weighted by atomic mass is 10.2. The molecule has 0 saturated heterocycles. The fourth-order valence-corrected chi connectivity index (χ4v) is 1.95. The summed E-state index contributed by atoms with van der Waals surface area (Å²) in [6.07, 6.45) is 0. The Labute approximate surface area is 81.7 Å². The molecule has 0 spiro atoms. The van der Waals surface area contributed by atoms with E-state index in [2.05, 4.69) is 17.6 Å². The molecule has 2 nitrogen and oxygen atoms in total. The molecule has 0 radical (unpaired) electrons. The minimum absolute atomic E-state index is 0.345. The van der Waals surface area contributed by atoms with Gasteiger partial charge in [0.25, 0.3) is 0 Å². The highest BCUT2D eigenvalue weighted by molar-refractivity contribution is 7.14. The number of nitrogens with one attached hydrogen (secondary N) is 1. The van der Waals surface area contributed by atoms with Crippen molar-refractivity contribution in [3.63, 3.8) is 0 Å². The van der Waals surface area contributed by atoms with Gasteiger partial charge in [-0.2, -0.15) is 0 Å². The van der Waals surface area contributed by atoms with E-state index in [1.165, 1.54) is 5.56 Å². The van der Waals surface area contributed by atoms with Crippen LogP contribution in [0.2, 0.25) is 4.34 Å². The van der Waals surface area contributed by atoms with E-state index in [4.69, 9.17) is 17.3 Å². The highest BCUT2D eigenvalue weighted by Crippen LogP contribution is 2.24. The SMILES string of the molecule is CC(NCCN)c1csc(Cl)c1. The van der Waals surface area contributed by atoms with Crippen LogP contribution in [-0.4, -0.2) is 13.1 Å². The Bertz CT molecular complexity index is 237. The van der Waals surface area contributed by atoms with Crippen molar-refractivity contribution in [1.82, 2.24) is 5.32 Å². The molecule has 1 rings (SSSR count). The molecular formula is C8H13ClN2S. The fraction of sp³-hybridized carbons (Fsp3) is 0.500. The first-order valence-electron chi connectivity index (χ1n) is 3.91. The molecular weight excluding hydrogens is 192 g/mol. The molecule has 0 aliphatic carbocycles. The third-order valence-electron chi connectivity index (χ3n) is 1.68. The molecule has 0 aliphatic heterocycles. The normalized spacial score (nSPS) is 13.2. The first-order valence-corrected chi connectivity index (χ1v) is 5.17. The third-order valence-corrected chi connectivity index (χ3v) is 2.79. The van der Waals surface area contributed by atoms with Crippen LogP contribution in [0.15, 0.2) is 11.4 Å². The predicted molar refractivity (Wildman–Crippen MR) is 54.8 cm³/mol. The average Bonchev–Trinajstić information content (AvgIpc) is 2.47. The summed E-state index contributed by atoms with van der Waals surface area (Å²) in [4.78, 5) is 0. The van der Waals surface area contributed by atoms with Gasteiger partial charge in [0.15, 0.2) is 0 Å². The Morgan fingerprint density at radius 1 is 1.75 bits per heavy atom. The van der Waals surface area contributed by atoms with Gasteiger partial charge in [0.2, 0.25) is 0 Å². The summed E-state index contributed by atoms with van der Waals surface area (Å²) in [7, 11) is 0. The van der Waals surface area contributed by atoms with Crippen LogP contribution in [0.3, 0.4) is 0 Å². The Hall–Kier alpha value is -0.0900. The quantitative estimate of drug-likeness (QED) is 0.788. The monoisotopic (exact) mass is 204 g/mol. The molecule has 1 heterocycles. The van der Waals surface area contributed by atoms with Crippen molar-refractivity contribution in [1.29, 1.82) is 0 Å². The van der Waals surface area contributed by atoms with E-state index >= 15 is 0 Å². The van der Waals surface area contributed by atoms with Crippen molar-refractivity contribution < 1.29 is 0 Å². The van der Waals surface area contributed by atoms with Crippen LogP contribution in [-0.2, 0) is 0 Å². The highest BCUT2D eigenvalue weighted by atomic mass is 35.5. The number of halogens is 1. The molecule has 12 heavy (non-hydrogen) atoms. The van der Waals surface area contributed by atoms with Gasteiger partial charge < -0.3 is 11.1 Å². The Morgan fingerprint density at radius 3 is 3.00 bits per heavy atom. The minimum atomic E-state index is 0.345. The molecule has 0 amide bonds. The Morgan fingerprint density at radius 2 is 2.50 bits per heavy atom. The zero-order valence-corrected chi connectivity index (χ0v) is 8.58.